The van der Waals surface area contributed by atoms with E-state index in [1.165, 1.54) is 17.5 Å². The van der Waals surface area contributed by atoms with Crippen molar-refractivity contribution < 1.29 is 0 Å². The van der Waals surface area contributed by atoms with Crippen molar-refractivity contribution in [1.82, 2.24) is 10.2 Å². The fraction of sp³-hybridized carbons (Fsp3) is 0.667. The molecule has 0 aliphatic heterocycles. The second-order valence-corrected chi connectivity index (χ2v) is 6.91. The fourth-order valence-electron chi connectivity index (χ4n) is 2.42. The predicted molar refractivity (Wildman–Crippen MR) is 89.0 cm³/mol. The van der Waals surface area contributed by atoms with E-state index in [1.54, 1.807) is 0 Å². The van der Waals surface area contributed by atoms with Crippen molar-refractivity contribution in [1.29, 1.82) is 0 Å². The summed E-state index contributed by atoms with van der Waals surface area (Å²) >= 11 is 0. The van der Waals surface area contributed by atoms with Crippen molar-refractivity contribution in [3.63, 3.8) is 0 Å². The van der Waals surface area contributed by atoms with Crippen molar-refractivity contribution in [3.8, 4) is 0 Å². The first kappa shape index (κ1) is 17.2. The molecule has 20 heavy (non-hydrogen) atoms. The molecule has 2 nitrogen and oxygen atoms in total. The smallest absolute Gasteiger partial charge is 0.0220 e. The molecular weight excluding hydrogens is 244 g/mol. The molecule has 1 rings (SSSR count). The maximum absolute atomic E-state index is 3.69. The summed E-state index contributed by atoms with van der Waals surface area (Å²) in [7, 11) is 4.27. The van der Waals surface area contributed by atoms with Gasteiger partial charge in [0, 0.05) is 19.1 Å². The average molecular weight is 276 g/mol. The zero-order valence-corrected chi connectivity index (χ0v) is 14.1. The molecule has 0 saturated heterocycles. The van der Waals surface area contributed by atoms with Crippen LogP contribution in [0, 0.1) is 11.8 Å². The van der Waals surface area contributed by atoms with E-state index >= 15 is 0 Å². The van der Waals surface area contributed by atoms with Crippen LogP contribution in [0.4, 0.5) is 0 Å². The first-order chi connectivity index (χ1) is 9.38. The van der Waals surface area contributed by atoms with Gasteiger partial charge in [-0.3, -0.25) is 0 Å². The molecule has 0 aromatic heterocycles. The van der Waals surface area contributed by atoms with Crippen molar-refractivity contribution >= 4 is 0 Å². The average Bonchev–Trinajstić information content (AvgIpc) is 2.34. The van der Waals surface area contributed by atoms with E-state index in [4.69, 9.17) is 0 Å². The summed E-state index contributed by atoms with van der Waals surface area (Å²) in [6.07, 6.45) is 1.17. The van der Waals surface area contributed by atoms with Crippen LogP contribution in [-0.2, 0) is 13.0 Å². The molecule has 0 aliphatic carbocycles. The lowest BCUT2D eigenvalue weighted by Crippen LogP contribution is -2.41. The minimum atomic E-state index is 0.542. The lowest BCUT2D eigenvalue weighted by Gasteiger charge is -2.25. The number of nitrogens with one attached hydrogen (secondary N) is 1. The summed E-state index contributed by atoms with van der Waals surface area (Å²) in [5, 5.41) is 3.69. The van der Waals surface area contributed by atoms with Crippen LogP contribution < -0.4 is 5.32 Å². The zero-order chi connectivity index (χ0) is 15.1. The van der Waals surface area contributed by atoms with Gasteiger partial charge in [0.25, 0.3) is 0 Å². The standard InChI is InChI=1S/C18H32N2/c1-14(2)11-16-7-9-17(10-8-16)12-19-18(15(3)4)13-20(5)6/h7-10,14-15,18-19H,11-13H2,1-6H3. The summed E-state index contributed by atoms with van der Waals surface area (Å²) in [5.74, 6) is 1.38. The third kappa shape index (κ3) is 6.53. The highest BCUT2D eigenvalue weighted by Gasteiger charge is 2.13. The number of nitrogens with zero attached hydrogens (tertiary/aromatic N) is 1. The van der Waals surface area contributed by atoms with Gasteiger partial charge < -0.3 is 10.2 Å². The number of likely N-dealkylation sites (N-methyl/N-ethyl adjacent to an activating group) is 1. The second kappa shape index (κ2) is 8.43. The molecular formula is C18H32N2. The Morgan fingerprint density at radius 1 is 0.950 bits per heavy atom. The molecule has 0 fully saturated rings. The van der Waals surface area contributed by atoms with Crippen molar-refractivity contribution in [3.05, 3.63) is 35.4 Å². The van der Waals surface area contributed by atoms with Crippen LogP contribution >= 0.6 is 0 Å². The highest BCUT2D eigenvalue weighted by atomic mass is 15.1. The van der Waals surface area contributed by atoms with Crippen molar-refractivity contribution in [2.45, 2.75) is 46.7 Å². The van der Waals surface area contributed by atoms with Crippen molar-refractivity contribution in [2.75, 3.05) is 20.6 Å². The zero-order valence-electron chi connectivity index (χ0n) is 14.1. The Labute approximate surface area is 125 Å². The molecule has 1 aromatic rings. The van der Waals surface area contributed by atoms with Crippen LogP contribution in [0.25, 0.3) is 0 Å². The molecule has 114 valence electrons. The fourth-order valence-corrected chi connectivity index (χ4v) is 2.42. The Kier molecular flexibility index (Phi) is 7.25. The van der Waals surface area contributed by atoms with Gasteiger partial charge in [-0.25, -0.2) is 0 Å². The number of hydrogen-bond donors (Lipinski definition) is 1. The molecule has 0 radical (unpaired) electrons. The normalized spacial score (nSPS) is 13.4. The highest BCUT2D eigenvalue weighted by molar-refractivity contribution is 5.22. The topological polar surface area (TPSA) is 15.3 Å². The maximum atomic E-state index is 3.69. The molecule has 0 amide bonds. The van der Waals surface area contributed by atoms with Crippen LogP contribution in [0.2, 0.25) is 0 Å². The monoisotopic (exact) mass is 276 g/mol. The van der Waals surface area contributed by atoms with Gasteiger partial charge >= 0.3 is 0 Å². The first-order valence-corrected chi connectivity index (χ1v) is 7.84. The molecule has 0 bridgehead atoms. The van der Waals surface area contributed by atoms with Crippen LogP contribution in [0.5, 0.6) is 0 Å². The van der Waals surface area contributed by atoms with Gasteiger partial charge in [-0.2, -0.15) is 0 Å². The highest BCUT2D eigenvalue weighted by Crippen LogP contribution is 2.11. The maximum Gasteiger partial charge on any atom is 0.0220 e. The summed E-state index contributed by atoms with van der Waals surface area (Å²) in [5.41, 5.74) is 2.82. The molecule has 0 saturated carbocycles. The van der Waals surface area contributed by atoms with Crippen LogP contribution in [0.1, 0.15) is 38.8 Å². The molecule has 0 heterocycles. The summed E-state index contributed by atoms with van der Waals surface area (Å²) in [6.45, 7) is 11.1. The minimum absolute atomic E-state index is 0.542. The Hall–Kier alpha value is -0.860. The lowest BCUT2D eigenvalue weighted by atomic mass is 10.0. The van der Waals surface area contributed by atoms with E-state index in [1.807, 2.05) is 0 Å². The summed E-state index contributed by atoms with van der Waals surface area (Å²) in [4.78, 5) is 2.25. The van der Waals surface area contributed by atoms with Crippen LogP contribution in [0.3, 0.4) is 0 Å². The van der Waals surface area contributed by atoms with Gasteiger partial charge in [0.15, 0.2) is 0 Å². The minimum Gasteiger partial charge on any atom is -0.308 e. The third-order valence-electron chi connectivity index (χ3n) is 3.60. The molecule has 2 heteroatoms. The van der Waals surface area contributed by atoms with E-state index < -0.39 is 0 Å². The SMILES string of the molecule is CC(C)Cc1ccc(CNC(CN(C)C)C(C)C)cc1. The van der Waals surface area contributed by atoms with Crippen LogP contribution in [-0.4, -0.2) is 31.6 Å². The molecule has 0 aliphatic rings. The van der Waals surface area contributed by atoms with E-state index in [-0.39, 0.29) is 0 Å². The van der Waals surface area contributed by atoms with Gasteiger partial charge in [0.05, 0.1) is 0 Å². The number of rotatable bonds is 8. The van der Waals surface area contributed by atoms with Crippen molar-refractivity contribution in [2.24, 2.45) is 11.8 Å². The Morgan fingerprint density at radius 3 is 1.95 bits per heavy atom. The number of benzene rings is 1. The predicted octanol–water partition coefficient (Wildman–Crippen LogP) is 3.56. The molecule has 1 aromatic carbocycles. The van der Waals surface area contributed by atoms with Gasteiger partial charge in [-0.05, 0) is 43.5 Å². The summed E-state index contributed by atoms with van der Waals surface area (Å²) < 4.78 is 0. The van der Waals surface area contributed by atoms with E-state index in [0.717, 1.165) is 19.0 Å². The largest absolute Gasteiger partial charge is 0.308 e. The molecule has 1 N–H and O–H groups in total. The second-order valence-electron chi connectivity index (χ2n) is 6.91. The molecule has 0 spiro atoms. The molecule has 1 atom stereocenters. The quantitative estimate of drug-likeness (QED) is 0.781. The van der Waals surface area contributed by atoms with Gasteiger partial charge in [-0.15, -0.1) is 0 Å². The van der Waals surface area contributed by atoms with E-state index in [0.29, 0.717) is 12.0 Å². The summed E-state index contributed by atoms with van der Waals surface area (Å²) in [6, 6.07) is 9.61. The Morgan fingerprint density at radius 2 is 1.50 bits per heavy atom. The van der Waals surface area contributed by atoms with Crippen LogP contribution in [0.15, 0.2) is 24.3 Å². The third-order valence-corrected chi connectivity index (χ3v) is 3.60. The van der Waals surface area contributed by atoms with E-state index in [2.05, 4.69) is 76.3 Å². The Bertz CT molecular complexity index is 366. The van der Waals surface area contributed by atoms with Gasteiger partial charge in [0.2, 0.25) is 0 Å². The lowest BCUT2D eigenvalue weighted by molar-refractivity contribution is 0.288. The number of hydrogen-bond acceptors (Lipinski definition) is 2. The Balaban J connectivity index is 2.51. The van der Waals surface area contributed by atoms with Gasteiger partial charge in [-0.1, -0.05) is 52.0 Å². The van der Waals surface area contributed by atoms with E-state index in [9.17, 15) is 0 Å². The molecule has 1 unspecified atom stereocenters. The van der Waals surface area contributed by atoms with Gasteiger partial charge in [0.1, 0.15) is 0 Å². The first-order valence-electron chi connectivity index (χ1n) is 7.84.